The normalized spacial score (nSPS) is 14.2. The Balaban J connectivity index is 1.27. The molecule has 1 aliphatic heterocycles. The Kier molecular flexibility index (Phi) is 7.64. The summed E-state index contributed by atoms with van der Waals surface area (Å²) >= 11 is 0. The van der Waals surface area contributed by atoms with Crippen LogP contribution in [0.1, 0.15) is 39.5 Å². The Morgan fingerprint density at radius 2 is 1.71 bits per heavy atom. The van der Waals surface area contributed by atoms with Crippen molar-refractivity contribution in [3.05, 3.63) is 94.8 Å². The van der Waals surface area contributed by atoms with Crippen LogP contribution >= 0.6 is 0 Å². The topological polar surface area (TPSA) is 87.4 Å². The summed E-state index contributed by atoms with van der Waals surface area (Å²) in [5, 5.41) is 3.87. The molecule has 1 fully saturated rings. The van der Waals surface area contributed by atoms with Gasteiger partial charge in [-0.15, -0.1) is 0 Å². The number of carbonyl (C=O) groups is 1. The molecule has 0 unspecified atom stereocenters. The molecule has 7 nitrogen and oxygen atoms in total. The van der Waals surface area contributed by atoms with Gasteiger partial charge in [-0.25, -0.2) is 4.98 Å². The van der Waals surface area contributed by atoms with Gasteiger partial charge in [0.1, 0.15) is 11.3 Å². The van der Waals surface area contributed by atoms with E-state index in [1.54, 1.807) is 12.4 Å². The largest absolute Gasteiger partial charge is 0.382 e. The molecule has 0 aliphatic carbocycles. The predicted molar refractivity (Wildman–Crippen MR) is 153 cm³/mol. The van der Waals surface area contributed by atoms with Gasteiger partial charge >= 0.3 is 0 Å². The van der Waals surface area contributed by atoms with Crippen molar-refractivity contribution >= 4 is 28.3 Å². The Morgan fingerprint density at radius 3 is 2.47 bits per heavy atom. The maximum Gasteiger partial charge on any atom is 0.255 e. The van der Waals surface area contributed by atoms with Gasteiger partial charge < -0.3 is 16.0 Å². The molecular formula is C31H32N6O. The monoisotopic (exact) mass is 504 g/mol. The highest BCUT2D eigenvalue weighted by Gasteiger charge is 2.15. The number of fused-ring (bicyclic) bond motifs is 1. The number of aromatic nitrogens is 2. The number of anilines is 2. The van der Waals surface area contributed by atoms with Crippen LogP contribution in [0.25, 0.3) is 10.9 Å². The second-order valence-corrected chi connectivity index (χ2v) is 9.60. The maximum atomic E-state index is 13.0. The van der Waals surface area contributed by atoms with Gasteiger partial charge in [0.2, 0.25) is 0 Å². The number of hydrogen-bond donors (Lipinski definition) is 2. The molecule has 1 aliphatic rings. The minimum atomic E-state index is -0.166. The number of piperazine rings is 1. The molecule has 0 bridgehead atoms. The lowest BCUT2D eigenvalue weighted by atomic mass is 10.0. The van der Waals surface area contributed by atoms with Crippen LogP contribution in [0.2, 0.25) is 0 Å². The van der Waals surface area contributed by atoms with Crippen LogP contribution in [0.4, 0.5) is 11.5 Å². The zero-order valence-corrected chi connectivity index (χ0v) is 21.9. The molecule has 0 saturated carbocycles. The third-order valence-corrected chi connectivity index (χ3v) is 7.03. The Labute approximate surface area is 223 Å². The fourth-order valence-electron chi connectivity index (χ4n) is 4.64. The fraction of sp³-hybridized carbons (Fsp3) is 0.258. The molecule has 7 heteroatoms. The molecule has 3 N–H and O–H groups in total. The number of aryl methyl sites for hydroxylation is 1. The number of rotatable bonds is 5. The van der Waals surface area contributed by atoms with Gasteiger partial charge in [0.15, 0.2) is 0 Å². The summed E-state index contributed by atoms with van der Waals surface area (Å²) in [6, 6.07) is 17.5. The SMILES string of the molecule is CCN1CCN(Cc2ccc(NC(=O)c3ccc(C)c(C#Cc4cnc(N)c5ncccc45)c3)cc2)CC1. The molecule has 2 aromatic carbocycles. The number of likely N-dealkylation sites (N-methyl/N-ethyl adjacent to an activating group) is 1. The third-order valence-electron chi connectivity index (χ3n) is 7.03. The summed E-state index contributed by atoms with van der Waals surface area (Å²) in [6.07, 6.45) is 3.35. The van der Waals surface area contributed by atoms with Gasteiger partial charge in [0.25, 0.3) is 5.91 Å². The van der Waals surface area contributed by atoms with E-state index in [9.17, 15) is 4.79 Å². The molecule has 192 valence electrons. The Bertz CT molecular complexity index is 1510. The highest BCUT2D eigenvalue weighted by Crippen LogP contribution is 2.20. The van der Waals surface area contributed by atoms with Crippen LogP contribution in [-0.2, 0) is 6.54 Å². The van der Waals surface area contributed by atoms with E-state index in [0.29, 0.717) is 16.9 Å². The molecule has 0 spiro atoms. The number of nitrogen functional groups attached to an aromatic ring is 1. The lowest BCUT2D eigenvalue weighted by molar-refractivity contribution is 0.102. The molecule has 2 aromatic heterocycles. The second kappa shape index (κ2) is 11.4. The van der Waals surface area contributed by atoms with E-state index < -0.39 is 0 Å². The lowest BCUT2D eigenvalue weighted by Gasteiger charge is -2.34. The molecule has 38 heavy (non-hydrogen) atoms. The first-order valence-corrected chi connectivity index (χ1v) is 13.0. The first kappa shape index (κ1) is 25.4. The van der Waals surface area contributed by atoms with Gasteiger partial charge in [0, 0.05) is 67.3 Å². The second-order valence-electron chi connectivity index (χ2n) is 9.60. The number of nitrogens with zero attached hydrogens (tertiary/aromatic N) is 4. The van der Waals surface area contributed by atoms with E-state index in [4.69, 9.17) is 5.73 Å². The summed E-state index contributed by atoms with van der Waals surface area (Å²) in [6.45, 7) is 10.7. The smallest absolute Gasteiger partial charge is 0.255 e. The van der Waals surface area contributed by atoms with Gasteiger partial charge in [-0.1, -0.05) is 37.0 Å². The summed E-state index contributed by atoms with van der Waals surface area (Å²) in [5.74, 6) is 6.61. The molecule has 1 saturated heterocycles. The fourth-order valence-corrected chi connectivity index (χ4v) is 4.64. The van der Waals surface area contributed by atoms with Crippen molar-refractivity contribution in [2.75, 3.05) is 43.8 Å². The molecule has 0 radical (unpaired) electrons. The number of hydrogen-bond acceptors (Lipinski definition) is 6. The summed E-state index contributed by atoms with van der Waals surface area (Å²) < 4.78 is 0. The van der Waals surface area contributed by atoms with Crippen molar-refractivity contribution in [1.29, 1.82) is 0 Å². The van der Waals surface area contributed by atoms with Crippen molar-refractivity contribution < 1.29 is 4.79 Å². The standard InChI is InChI=1S/C31H32N6O/c1-3-36-15-17-37(18-16-36)21-23-7-12-27(13-8-23)35-31(38)25-9-6-22(2)24(19-25)10-11-26-20-34-30(32)29-28(26)5-4-14-33-29/h4-9,12-14,19-20H,3,15-18,21H2,1-2H3,(H2,32,34)(H,35,38). The quantitative estimate of drug-likeness (QED) is 0.394. The number of nitrogens with two attached hydrogens (primary N) is 1. The van der Waals surface area contributed by atoms with Crippen LogP contribution in [0, 0.1) is 18.8 Å². The zero-order chi connectivity index (χ0) is 26.5. The summed E-state index contributed by atoms with van der Waals surface area (Å²) in [4.78, 5) is 26.5. The van der Waals surface area contributed by atoms with Crippen molar-refractivity contribution in [1.82, 2.24) is 19.8 Å². The summed E-state index contributed by atoms with van der Waals surface area (Å²) in [7, 11) is 0. The maximum absolute atomic E-state index is 13.0. The van der Waals surface area contributed by atoms with E-state index in [1.807, 2.05) is 49.4 Å². The van der Waals surface area contributed by atoms with Crippen molar-refractivity contribution in [3.63, 3.8) is 0 Å². The van der Waals surface area contributed by atoms with E-state index in [-0.39, 0.29) is 5.91 Å². The molecule has 4 aromatic rings. The third kappa shape index (κ3) is 5.83. The Hall–Kier alpha value is -4.25. The number of carbonyl (C=O) groups excluding carboxylic acids is 1. The average Bonchev–Trinajstić information content (AvgIpc) is 2.95. The molecule has 5 rings (SSSR count). The van der Waals surface area contributed by atoms with Gasteiger partial charge in [-0.05, 0) is 61.0 Å². The van der Waals surface area contributed by atoms with Gasteiger partial charge in [-0.3, -0.25) is 14.7 Å². The summed E-state index contributed by atoms with van der Waals surface area (Å²) in [5.41, 5.74) is 11.7. The zero-order valence-electron chi connectivity index (χ0n) is 21.9. The van der Waals surface area contributed by atoms with Crippen LogP contribution < -0.4 is 11.1 Å². The van der Waals surface area contributed by atoms with Crippen molar-refractivity contribution in [2.24, 2.45) is 0 Å². The number of amides is 1. The van der Waals surface area contributed by atoms with E-state index in [0.717, 1.165) is 67.0 Å². The number of nitrogens with one attached hydrogen (secondary N) is 1. The highest BCUT2D eigenvalue weighted by atomic mass is 16.1. The Morgan fingerprint density at radius 1 is 0.974 bits per heavy atom. The van der Waals surface area contributed by atoms with Crippen LogP contribution in [-0.4, -0.2) is 58.4 Å². The highest BCUT2D eigenvalue weighted by molar-refractivity contribution is 6.04. The van der Waals surface area contributed by atoms with Gasteiger partial charge in [-0.2, -0.15) is 0 Å². The number of pyridine rings is 2. The average molecular weight is 505 g/mol. The number of benzene rings is 2. The minimum absolute atomic E-state index is 0.166. The predicted octanol–water partition coefficient (Wildman–Crippen LogP) is 4.31. The molecule has 3 heterocycles. The molecule has 1 amide bonds. The van der Waals surface area contributed by atoms with Gasteiger partial charge in [0.05, 0.1) is 5.56 Å². The van der Waals surface area contributed by atoms with E-state index >= 15 is 0 Å². The molecular weight excluding hydrogens is 472 g/mol. The van der Waals surface area contributed by atoms with Crippen LogP contribution in [0.5, 0.6) is 0 Å². The first-order valence-electron chi connectivity index (χ1n) is 13.0. The molecule has 0 atom stereocenters. The first-order chi connectivity index (χ1) is 18.5. The minimum Gasteiger partial charge on any atom is -0.382 e. The van der Waals surface area contributed by atoms with Crippen molar-refractivity contribution in [2.45, 2.75) is 20.4 Å². The van der Waals surface area contributed by atoms with Crippen molar-refractivity contribution in [3.8, 4) is 11.8 Å². The lowest BCUT2D eigenvalue weighted by Crippen LogP contribution is -2.45. The van der Waals surface area contributed by atoms with Crippen LogP contribution in [0.3, 0.4) is 0 Å². The van der Waals surface area contributed by atoms with E-state index in [1.165, 1.54) is 5.56 Å². The van der Waals surface area contributed by atoms with Crippen LogP contribution in [0.15, 0.2) is 67.0 Å². The van der Waals surface area contributed by atoms with E-state index in [2.05, 4.69) is 56.0 Å².